The highest BCUT2D eigenvalue weighted by Crippen LogP contribution is 2.16. The maximum Gasteiger partial charge on any atom is 0.251 e. The quantitative estimate of drug-likeness (QED) is 0.365. The van der Waals surface area contributed by atoms with Gasteiger partial charge < -0.3 is 29.3 Å². The van der Waals surface area contributed by atoms with Crippen LogP contribution in [0.3, 0.4) is 0 Å². The second-order valence-electron chi connectivity index (χ2n) is 7.80. The zero-order valence-electron chi connectivity index (χ0n) is 18.8. The van der Waals surface area contributed by atoms with Gasteiger partial charge in [-0.15, -0.1) is 0 Å². The molecule has 1 atom stereocenters. The summed E-state index contributed by atoms with van der Waals surface area (Å²) in [4.78, 5) is 21.5. The van der Waals surface area contributed by atoms with Gasteiger partial charge >= 0.3 is 0 Å². The third-order valence-electron chi connectivity index (χ3n) is 5.57. The monoisotopic (exact) mass is 432 g/mol. The number of nitrogens with zero attached hydrogens (tertiary/aromatic N) is 3. The van der Waals surface area contributed by atoms with Crippen molar-refractivity contribution in [3.8, 4) is 5.75 Å². The molecule has 2 fully saturated rings. The number of ether oxygens (including phenoxy) is 3. The number of amides is 1. The minimum atomic E-state index is -0.230. The van der Waals surface area contributed by atoms with Crippen LogP contribution in [0.4, 0.5) is 0 Å². The van der Waals surface area contributed by atoms with E-state index in [0.717, 1.165) is 56.2 Å². The van der Waals surface area contributed by atoms with Gasteiger partial charge in [-0.05, 0) is 43.9 Å². The minimum Gasteiger partial charge on any atom is -0.497 e. The van der Waals surface area contributed by atoms with E-state index in [1.54, 1.807) is 7.11 Å². The SMILES string of the molecule is CCNC(=NCCCOCc1ccc(OC)cc1)N1CCN(C(=O)C2CCCO2)CC1. The molecule has 2 aliphatic heterocycles. The van der Waals surface area contributed by atoms with Crippen molar-refractivity contribution in [1.29, 1.82) is 0 Å². The largest absolute Gasteiger partial charge is 0.497 e. The molecule has 1 unspecified atom stereocenters. The predicted molar refractivity (Wildman–Crippen MR) is 120 cm³/mol. The summed E-state index contributed by atoms with van der Waals surface area (Å²) < 4.78 is 16.5. The van der Waals surface area contributed by atoms with Crippen molar-refractivity contribution < 1.29 is 19.0 Å². The van der Waals surface area contributed by atoms with E-state index >= 15 is 0 Å². The standard InChI is InChI=1S/C23H36N4O4/c1-3-24-23(25-11-5-16-30-18-19-7-9-20(29-2)10-8-19)27-14-12-26(13-15-27)22(28)21-6-4-17-31-21/h7-10,21H,3-6,11-18H2,1-2H3,(H,24,25). The third-order valence-corrected chi connectivity index (χ3v) is 5.57. The van der Waals surface area contributed by atoms with Gasteiger partial charge in [-0.1, -0.05) is 12.1 Å². The fourth-order valence-electron chi connectivity index (χ4n) is 3.80. The Bertz CT molecular complexity index is 696. The highest BCUT2D eigenvalue weighted by Gasteiger charge is 2.30. The second kappa shape index (κ2) is 12.5. The first-order valence-electron chi connectivity index (χ1n) is 11.4. The van der Waals surface area contributed by atoms with Gasteiger partial charge in [0.1, 0.15) is 11.9 Å². The summed E-state index contributed by atoms with van der Waals surface area (Å²) in [6, 6.07) is 7.92. The number of hydrogen-bond acceptors (Lipinski definition) is 5. The molecule has 172 valence electrons. The van der Waals surface area contributed by atoms with Crippen molar-refractivity contribution >= 4 is 11.9 Å². The van der Waals surface area contributed by atoms with Gasteiger partial charge in [0.05, 0.1) is 13.7 Å². The van der Waals surface area contributed by atoms with Gasteiger partial charge in [-0.25, -0.2) is 0 Å². The van der Waals surface area contributed by atoms with Crippen LogP contribution in [0.5, 0.6) is 5.75 Å². The van der Waals surface area contributed by atoms with E-state index in [2.05, 4.69) is 17.1 Å². The maximum absolute atomic E-state index is 12.5. The topological polar surface area (TPSA) is 75.6 Å². The number of aliphatic imine (C=N–C) groups is 1. The molecule has 0 saturated carbocycles. The summed E-state index contributed by atoms with van der Waals surface area (Å²) >= 11 is 0. The molecule has 2 heterocycles. The van der Waals surface area contributed by atoms with Crippen molar-refractivity contribution in [2.45, 2.75) is 38.9 Å². The summed E-state index contributed by atoms with van der Waals surface area (Å²) in [5, 5.41) is 3.37. The van der Waals surface area contributed by atoms with E-state index in [0.29, 0.717) is 39.5 Å². The van der Waals surface area contributed by atoms with Crippen LogP contribution in [0.2, 0.25) is 0 Å². The third kappa shape index (κ3) is 7.11. The van der Waals surface area contributed by atoms with Gasteiger partial charge in [-0.2, -0.15) is 0 Å². The van der Waals surface area contributed by atoms with Gasteiger partial charge in [0.25, 0.3) is 5.91 Å². The highest BCUT2D eigenvalue weighted by molar-refractivity contribution is 5.82. The smallest absolute Gasteiger partial charge is 0.251 e. The van der Waals surface area contributed by atoms with Crippen LogP contribution in [0.25, 0.3) is 0 Å². The first kappa shape index (κ1) is 23.3. The van der Waals surface area contributed by atoms with Crippen LogP contribution in [-0.2, 0) is 20.9 Å². The molecule has 1 aromatic carbocycles. The molecule has 1 amide bonds. The van der Waals surface area contributed by atoms with E-state index in [1.165, 1.54) is 0 Å². The summed E-state index contributed by atoms with van der Waals surface area (Å²) in [5.41, 5.74) is 1.13. The molecular formula is C23H36N4O4. The summed E-state index contributed by atoms with van der Waals surface area (Å²) in [6.07, 6.45) is 2.47. The van der Waals surface area contributed by atoms with E-state index in [1.807, 2.05) is 29.2 Å². The van der Waals surface area contributed by atoms with Crippen LogP contribution in [0.1, 0.15) is 31.7 Å². The number of carbonyl (C=O) groups is 1. The number of piperazine rings is 1. The van der Waals surface area contributed by atoms with Gasteiger partial charge in [-0.3, -0.25) is 9.79 Å². The molecule has 3 rings (SSSR count). The molecule has 1 aromatic rings. The second-order valence-corrected chi connectivity index (χ2v) is 7.80. The van der Waals surface area contributed by atoms with Crippen LogP contribution in [-0.4, -0.2) is 87.4 Å². The molecule has 0 aliphatic carbocycles. The van der Waals surface area contributed by atoms with Crippen molar-refractivity contribution in [1.82, 2.24) is 15.1 Å². The van der Waals surface area contributed by atoms with E-state index in [4.69, 9.17) is 19.2 Å². The Balaban J connectivity index is 1.37. The highest BCUT2D eigenvalue weighted by atomic mass is 16.5. The molecule has 1 N–H and O–H groups in total. The Morgan fingerprint density at radius 2 is 1.94 bits per heavy atom. The Labute approximate surface area is 185 Å². The molecule has 0 radical (unpaired) electrons. The molecule has 8 nitrogen and oxygen atoms in total. The van der Waals surface area contributed by atoms with Crippen molar-refractivity contribution in [3.63, 3.8) is 0 Å². The van der Waals surface area contributed by atoms with Crippen molar-refractivity contribution in [2.75, 3.05) is 59.6 Å². The molecule has 2 aliphatic rings. The number of nitrogens with one attached hydrogen (secondary N) is 1. The van der Waals surface area contributed by atoms with Crippen molar-refractivity contribution in [3.05, 3.63) is 29.8 Å². The Morgan fingerprint density at radius 1 is 1.19 bits per heavy atom. The van der Waals surface area contributed by atoms with Crippen LogP contribution in [0, 0.1) is 0 Å². The average molecular weight is 433 g/mol. The lowest BCUT2D eigenvalue weighted by molar-refractivity contribution is -0.142. The minimum absolute atomic E-state index is 0.146. The van der Waals surface area contributed by atoms with Gasteiger partial charge in [0.15, 0.2) is 5.96 Å². The van der Waals surface area contributed by atoms with E-state index < -0.39 is 0 Å². The molecule has 31 heavy (non-hydrogen) atoms. The Hall–Kier alpha value is -2.32. The number of methoxy groups -OCH3 is 1. The number of guanidine groups is 1. The van der Waals surface area contributed by atoms with Crippen LogP contribution in [0.15, 0.2) is 29.3 Å². The van der Waals surface area contributed by atoms with Gasteiger partial charge in [0, 0.05) is 52.5 Å². The van der Waals surface area contributed by atoms with Crippen LogP contribution >= 0.6 is 0 Å². The Morgan fingerprint density at radius 3 is 2.58 bits per heavy atom. The van der Waals surface area contributed by atoms with E-state index in [-0.39, 0.29) is 12.0 Å². The van der Waals surface area contributed by atoms with Gasteiger partial charge in [0.2, 0.25) is 0 Å². The normalized spacial score (nSPS) is 19.5. The molecule has 0 spiro atoms. The number of carbonyl (C=O) groups excluding carboxylic acids is 1. The summed E-state index contributed by atoms with van der Waals surface area (Å²) in [6.45, 7) is 8.58. The fraction of sp³-hybridized carbons (Fsp3) is 0.652. The Kier molecular flexibility index (Phi) is 9.42. The first-order valence-corrected chi connectivity index (χ1v) is 11.4. The fourth-order valence-corrected chi connectivity index (χ4v) is 3.80. The summed E-state index contributed by atoms with van der Waals surface area (Å²) in [7, 11) is 1.67. The van der Waals surface area contributed by atoms with E-state index in [9.17, 15) is 4.79 Å². The zero-order valence-corrected chi connectivity index (χ0v) is 18.8. The predicted octanol–water partition coefficient (Wildman–Crippen LogP) is 1.89. The average Bonchev–Trinajstić information content (AvgIpc) is 3.35. The number of benzene rings is 1. The summed E-state index contributed by atoms with van der Waals surface area (Å²) in [5.74, 6) is 1.92. The molecule has 2 saturated heterocycles. The maximum atomic E-state index is 12.5. The zero-order chi connectivity index (χ0) is 21.9. The molecule has 0 aromatic heterocycles. The molecule has 8 heteroatoms. The lowest BCUT2D eigenvalue weighted by atomic mass is 10.2. The molecular weight excluding hydrogens is 396 g/mol. The van der Waals surface area contributed by atoms with Crippen LogP contribution < -0.4 is 10.1 Å². The number of rotatable bonds is 9. The molecule has 0 bridgehead atoms. The van der Waals surface area contributed by atoms with Crippen molar-refractivity contribution in [2.24, 2.45) is 4.99 Å². The lowest BCUT2D eigenvalue weighted by Crippen LogP contribution is -2.55. The first-order chi connectivity index (χ1) is 15.2. The lowest BCUT2D eigenvalue weighted by Gasteiger charge is -2.37. The number of hydrogen-bond donors (Lipinski definition) is 1.